The van der Waals surface area contributed by atoms with E-state index in [1.165, 1.54) is 39.2 Å². The molecule has 0 unspecified atom stereocenters. The molecule has 2 N–H and O–H groups in total. The Kier molecular flexibility index (Phi) is 5.55. The minimum absolute atomic E-state index is 0.186. The van der Waals surface area contributed by atoms with Crippen LogP contribution in [0.15, 0.2) is 23.2 Å². The molecular weight excluding hydrogens is 288 g/mol. The van der Waals surface area contributed by atoms with Crippen LogP contribution in [-0.2, 0) is 10.0 Å². The average molecular weight is 312 g/mol. The fourth-order valence-electron chi connectivity index (χ4n) is 2.61. The van der Waals surface area contributed by atoms with Crippen molar-refractivity contribution in [2.45, 2.75) is 24.7 Å². The summed E-state index contributed by atoms with van der Waals surface area (Å²) in [6, 6.07) is 3.28. The van der Waals surface area contributed by atoms with Gasteiger partial charge in [-0.1, -0.05) is 6.92 Å². The van der Waals surface area contributed by atoms with Crippen LogP contribution in [0.2, 0.25) is 0 Å². The number of sulfonamides is 1. The Hall–Kier alpha value is -1.18. The summed E-state index contributed by atoms with van der Waals surface area (Å²) in [5.41, 5.74) is 0. The number of hydrogen-bond acceptors (Lipinski definition) is 5. The molecule has 0 amide bonds. The summed E-state index contributed by atoms with van der Waals surface area (Å²) in [5, 5.41) is 3.29. The minimum atomic E-state index is -3.41. The monoisotopic (exact) mass is 312 g/mol. The van der Waals surface area contributed by atoms with Gasteiger partial charge < -0.3 is 10.2 Å². The summed E-state index contributed by atoms with van der Waals surface area (Å²) >= 11 is 0. The van der Waals surface area contributed by atoms with Crippen molar-refractivity contribution in [2.75, 3.05) is 38.5 Å². The normalized spacial score (nSPS) is 19.8. The highest BCUT2D eigenvalue weighted by Gasteiger charge is 2.21. The van der Waals surface area contributed by atoms with Gasteiger partial charge in [-0.15, -0.1) is 0 Å². The van der Waals surface area contributed by atoms with Crippen LogP contribution in [0.1, 0.15) is 19.8 Å². The molecule has 21 heavy (non-hydrogen) atoms. The molecule has 2 heterocycles. The van der Waals surface area contributed by atoms with Gasteiger partial charge in [-0.25, -0.2) is 18.1 Å². The summed E-state index contributed by atoms with van der Waals surface area (Å²) in [7, 11) is -2.01. The fraction of sp³-hybridized carbons (Fsp3) is 0.643. The van der Waals surface area contributed by atoms with Gasteiger partial charge in [0, 0.05) is 19.3 Å². The first-order valence-electron chi connectivity index (χ1n) is 7.41. The number of anilines is 1. The number of nitrogens with one attached hydrogen (secondary N) is 2. The Morgan fingerprint density at radius 1 is 1.43 bits per heavy atom. The first kappa shape index (κ1) is 16.2. The molecule has 0 spiro atoms. The van der Waals surface area contributed by atoms with Crippen LogP contribution in [0.3, 0.4) is 0 Å². The van der Waals surface area contributed by atoms with E-state index in [0.29, 0.717) is 5.92 Å². The number of aromatic nitrogens is 1. The van der Waals surface area contributed by atoms with Crippen molar-refractivity contribution < 1.29 is 8.42 Å². The SMILES string of the molecule is CCCN1CC[C@H](CNc2ccc(S(=O)(=O)NC)cn2)C1. The molecule has 118 valence electrons. The molecule has 0 radical (unpaired) electrons. The van der Waals surface area contributed by atoms with Gasteiger partial charge >= 0.3 is 0 Å². The number of pyridine rings is 1. The smallest absolute Gasteiger partial charge is 0.241 e. The Morgan fingerprint density at radius 3 is 2.86 bits per heavy atom. The van der Waals surface area contributed by atoms with Gasteiger partial charge in [0.15, 0.2) is 0 Å². The van der Waals surface area contributed by atoms with Crippen LogP contribution in [-0.4, -0.2) is 51.5 Å². The van der Waals surface area contributed by atoms with E-state index in [1.807, 2.05) is 0 Å². The van der Waals surface area contributed by atoms with Crippen molar-refractivity contribution in [1.82, 2.24) is 14.6 Å². The number of likely N-dealkylation sites (tertiary alicyclic amines) is 1. The molecule has 1 aromatic heterocycles. The molecular formula is C14H24N4O2S. The Bertz CT molecular complexity index is 545. The number of nitrogens with zero attached hydrogens (tertiary/aromatic N) is 2. The average Bonchev–Trinajstić information content (AvgIpc) is 2.94. The van der Waals surface area contributed by atoms with E-state index in [0.717, 1.165) is 18.9 Å². The molecule has 1 saturated heterocycles. The van der Waals surface area contributed by atoms with Gasteiger partial charge in [0.1, 0.15) is 10.7 Å². The topological polar surface area (TPSA) is 74.3 Å². The van der Waals surface area contributed by atoms with Crippen LogP contribution in [0, 0.1) is 5.92 Å². The number of hydrogen-bond donors (Lipinski definition) is 2. The lowest BCUT2D eigenvalue weighted by molar-refractivity contribution is 0.327. The highest BCUT2D eigenvalue weighted by Crippen LogP contribution is 2.17. The minimum Gasteiger partial charge on any atom is -0.370 e. The van der Waals surface area contributed by atoms with Crippen LogP contribution in [0.4, 0.5) is 5.82 Å². The zero-order valence-electron chi connectivity index (χ0n) is 12.7. The lowest BCUT2D eigenvalue weighted by atomic mass is 10.1. The molecule has 1 atom stereocenters. The molecule has 1 aromatic rings. The second-order valence-corrected chi connectivity index (χ2v) is 7.31. The van der Waals surface area contributed by atoms with Crippen molar-refractivity contribution in [3.8, 4) is 0 Å². The lowest BCUT2D eigenvalue weighted by Crippen LogP contribution is -2.23. The fourth-order valence-corrected chi connectivity index (χ4v) is 3.28. The van der Waals surface area contributed by atoms with E-state index < -0.39 is 10.0 Å². The van der Waals surface area contributed by atoms with E-state index in [2.05, 4.69) is 26.8 Å². The van der Waals surface area contributed by atoms with Crippen molar-refractivity contribution in [1.29, 1.82) is 0 Å². The predicted molar refractivity (Wildman–Crippen MR) is 83.8 cm³/mol. The molecule has 1 fully saturated rings. The molecule has 7 heteroatoms. The van der Waals surface area contributed by atoms with Crippen LogP contribution < -0.4 is 10.0 Å². The molecule has 0 aliphatic carbocycles. The van der Waals surface area contributed by atoms with Crippen molar-refractivity contribution in [2.24, 2.45) is 5.92 Å². The highest BCUT2D eigenvalue weighted by atomic mass is 32.2. The standard InChI is InChI=1S/C14H24N4O2S/c1-3-7-18-8-6-12(11-18)9-16-14-5-4-13(10-17-14)21(19,20)15-2/h4-5,10,12,15H,3,6-9,11H2,1-2H3,(H,16,17)/t12-/m1/s1. The second-order valence-electron chi connectivity index (χ2n) is 5.42. The Balaban J connectivity index is 1.85. The summed E-state index contributed by atoms with van der Waals surface area (Å²) in [6.07, 6.45) is 3.79. The molecule has 2 rings (SSSR count). The third-order valence-electron chi connectivity index (χ3n) is 3.80. The van der Waals surface area contributed by atoms with Gasteiger partial charge in [0.2, 0.25) is 10.0 Å². The quantitative estimate of drug-likeness (QED) is 0.789. The van der Waals surface area contributed by atoms with E-state index in [4.69, 9.17) is 0 Å². The summed E-state index contributed by atoms with van der Waals surface area (Å²) in [4.78, 5) is 6.84. The maximum Gasteiger partial charge on any atom is 0.241 e. The van der Waals surface area contributed by atoms with Gasteiger partial charge in [-0.3, -0.25) is 0 Å². The van der Waals surface area contributed by atoms with Crippen LogP contribution >= 0.6 is 0 Å². The first-order chi connectivity index (χ1) is 10.0. The van der Waals surface area contributed by atoms with Crippen molar-refractivity contribution in [3.05, 3.63) is 18.3 Å². The zero-order valence-corrected chi connectivity index (χ0v) is 13.5. The Labute approximate surface area is 127 Å². The van der Waals surface area contributed by atoms with E-state index in [9.17, 15) is 8.42 Å². The van der Waals surface area contributed by atoms with Gasteiger partial charge in [0.25, 0.3) is 0 Å². The molecule has 0 bridgehead atoms. The molecule has 0 aromatic carbocycles. The highest BCUT2D eigenvalue weighted by molar-refractivity contribution is 7.89. The summed E-state index contributed by atoms with van der Waals surface area (Å²) in [6.45, 7) is 6.56. The van der Waals surface area contributed by atoms with E-state index in [1.54, 1.807) is 12.1 Å². The van der Waals surface area contributed by atoms with Crippen molar-refractivity contribution in [3.63, 3.8) is 0 Å². The molecule has 6 nitrogen and oxygen atoms in total. The predicted octanol–water partition coefficient (Wildman–Crippen LogP) is 1.13. The molecule has 1 aliphatic heterocycles. The van der Waals surface area contributed by atoms with Gasteiger partial charge in [-0.05, 0) is 51.0 Å². The maximum absolute atomic E-state index is 11.6. The summed E-state index contributed by atoms with van der Waals surface area (Å²) < 4.78 is 25.5. The third-order valence-corrected chi connectivity index (χ3v) is 5.20. The zero-order chi connectivity index (χ0) is 15.3. The van der Waals surface area contributed by atoms with E-state index in [-0.39, 0.29) is 4.90 Å². The lowest BCUT2D eigenvalue weighted by Gasteiger charge is -2.15. The molecule has 0 saturated carbocycles. The largest absolute Gasteiger partial charge is 0.370 e. The molecule has 1 aliphatic rings. The van der Waals surface area contributed by atoms with Gasteiger partial charge in [0.05, 0.1) is 0 Å². The third kappa shape index (κ3) is 4.39. The maximum atomic E-state index is 11.6. The van der Waals surface area contributed by atoms with Crippen LogP contribution in [0.25, 0.3) is 0 Å². The van der Waals surface area contributed by atoms with Crippen molar-refractivity contribution >= 4 is 15.8 Å². The Morgan fingerprint density at radius 2 is 2.24 bits per heavy atom. The van der Waals surface area contributed by atoms with Crippen LogP contribution in [0.5, 0.6) is 0 Å². The van der Waals surface area contributed by atoms with Gasteiger partial charge in [-0.2, -0.15) is 0 Å². The summed E-state index contributed by atoms with van der Waals surface area (Å²) in [5.74, 6) is 1.36. The first-order valence-corrected chi connectivity index (χ1v) is 8.89. The second kappa shape index (κ2) is 7.20. The number of rotatable bonds is 7. The van der Waals surface area contributed by atoms with E-state index >= 15 is 0 Å².